The van der Waals surface area contributed by atoms with Crippen LogP contribution in [0.5, 0.6) is 11.5 Å². The van der Waals surface area contributed by atoms with E-state index in [0.717, 1.165) is 23.7 Å². The van der Waals surface area contributed by atoms with Crippen molar-refractivity contribution in [1.82, 2.24) is 14.9 Å². The van der Waals surface area contributed by atoms with E-state index in [9.17, 15) is 19.5 Å². The van der Waals surface area contributed by atoms with Crippen molar-refractivity contribution in [3.05, 3.63) is 77.6 Å². The molecule has 1 saturated carbocycles. The molecule has 2 aliphatic heterocycles. The monoisotopic (exact) mass is 551 g/mol. The number of rotatable bonds is 6. The Bertz CT molecular complexity index is 1730. The summed E-state index contributed by atoms with van der Waals surface area (Å²) in [6, 6.07) is 14.1. The lowest BCUT2D eigenvalue weighted by atomic mass is 9.70. The van der Waals surface area contributed by atoms with Gasteiger partial charge >= 0.3 is 5.97 Å². The highest BCUT2D eigenvalue weighted by Crippen LogP contribution is 2.46. The number of methoxy groups -OCH3 is 1. The second-order valence-corrected chi connectivity index (χ2v) is 11.1. The van der Waals surface area contributed by atoms with E-state index in [4.69, 9.17) is 9.47 Å². The number of Topliss-reactive ketones (excluding diaryl/α,β-unsaturated/α-hetero) is 2. The van der Waals surface area contributed by atoms with Crippen LogP contribution in [0.25, 0.3) is 22.2 Å². The van der Waals surface area contributed by atoms with Gasteiger partial charge in [-0.2, -0.15) is 0 Å². The van der Waals surface area contributed by atoms with Crippen LogP contribution < -0.4 is 14.8 Å². The van der Waals surface area contributed by atoms with Gasteiger partial charge in [-0.25, -0.2) is 4.79 Å². The largest absolute Gasteiger partial charge is 0.496 e. The van der Waals surface area contributed by atoms with E-state index in [2.05, 4.69) is 14.9 Å². The third-order valence-electron chi connectivity index (χ3n) is 8.61. The molecule has 0 unspecified atom stereocenters. The molecule has 1 atom stereocenters. The number of carbonyl (C=O) groups is 3. The first-order valence-electron chi connectivity index (χ1n) is 13.9. The second-order valence-electron chi connectivity index (χ2n) is 11.1. The van der Waals surface area contributed by atoms with Gasteiger partial charge in [-0.1, -0.05) is 0 Å². The molecule has 0 amide bonds. The van der Waals surface area contributed by atoms with E-state index in [1.807, 2.05) is 18.3 Å². The number of carbonyl (C=O) groups excluding carboxylic acids is 2. The van der Waals surface area contributed by atoms with E-state index < -0.39 is 17.5 Å². The number of fused-ring (bicyclic) bond motifs is 2. The third-order valence-corrected chi connectivity index (χ3v) is 8.61. The molecule has 7 rings (SSSR count). The van der Waals surface area contributed by atoms with E-state index in [1.165, 1.54) is 18.3 Å². The lowest BCUT2D eigenvalue weighted by Crippen LogP contribution is -2.58. The predicted octanol–water partition coefficient (Wildman–Crippen LogP) is 4.94. The van der Waals surface area contributed by atoms with Crippen molar-refractivity contribution in [3.63, 3.8) is 0 Å². The number of pyridine rings is 1. The summed E-state index contributed by atoms with van der Waals surface area (Å²) in [7, 11) is 1.59. The van der Waals surface area contributed by atoms with Gasteiger partial charge in [0.1, 0.15) is 23.0 Å². The van der Waals surface area contributed by atoms with Gasteiger partial charge < -0.3 is 24.5 Å². The zero-order chi connectivity index (χ0) is 28.3. The van der Waals surface area contributed by atoms with Crippen molar-refractivity contribution in [2.24, 2.45) is 5.92 Å². The number of piperidine rings is 1. The van der Waals surface area contributed by atoms with Crippen LogP contribution in [0.3, 0.4) is 0 Å². The maximum atomic E-state index is 14.4. The molecule has 41 heavy (non-hydrogen) atoms. The first-order valence-corrected chi connectivity index (χ1v) is 13.9. The minimum atomic E-state index is -1.07. The molecule has 1 saturated heterocycles. The molecule has 3 aliphatic rings. The molecule has 2 aromatic heterocycles. The molecule has 208 valence electrons. The van der Waals surface area contributed by atoms with Crippen LogP contribution in [-0.4, -0.2) is 58.0 Å². The molecule has 1 aliphatic carbocycles. The Morgan fingerprint density at radius 3 is 2.61 bits per heavy atom. The Kier molecular flexibility index (Phi) is 5.93. The molecule has 2 aromatic carbocycles. The first-order chi connectivity index (χ1) is 19.9. The molecule has 0 bridgehead atoms. The molecule has 9 nitrogen and oxygen atoms in total. The standard InChI is InChI=1S/C32H29N3O6/c1-40-27-17-20(16-25-22(27)7-13-35(25)21-3-4-21)29(36)28-30(37)23-14-18(24-15-19(31(38)39)6-10-34-24)2-5-26(23)41-32(28)8-11-33-12-9-32/h2,5-7,10,13-17,21,28,33H,3-4,8-9,11-12H2,1H3,(H,38,39)/t28-/m1/s1. The molecular formula is C32H29N3O6. The molecular weight excluding hydrogens is 522 g/mol. The lowest BCUT2D eigenvalue weighted by Gasteiger charge is -2.45. The number of aromatic carboxylic acids is 1. The van der Waals surface area contributed by atoms with Crippen LogP contribution in [0.1, 0.15) is 62.8 Å². The van der Waals surface area contributed by atoms with Gasteiger partial charge in [0.2, 0.25) is 0 Å². The number of nitrogens with zero attached hydrogens (tertiary/aromatic N) is 2. The SMILES string of the molecule is COc1cc(C(=O)[C@@H]2C(=O)c3cc(-c4cc(C(=O)O)ccn4)ccc3OC23CCNCC3)cc2c1ccn2C1CC1. The lowest BCUT2D eigenvalue weighted by molar-refractivity contribution is -0.0138. The van der Waals surface area contributed by atoms with Gasteiger partial charge in [0, 0.05) is 47.8 Å². The predicted molar refractivity (Wildman–Crippen MR) is 151 cm³/mol. The topological polar surface area (TPSA) is 120 Å². The minimum Gasteiger partial charge on any atom is -0.496 e. The molecule has 2 fully saturated rings. The van der Waals surface area contributed by atoms with Gasteiger partial charge in [-0.05, 0) is 74.5 Å². The van der Waals surface area contributed by atoms with Crippen LogP contribution in [-0.2, 0) is 0 Å². The molecule has 9 heteroatoms. The normalized spacial score (nSPS) is 19.5. The third kappa shape index (κ3) is 4.19. The highest BCUT2D eigenvalue weighted by atomic mass is 16.5. The molecule has 4 aromatic rings. The summed E-state index contributed by atoms with van der Waals surface area (Å²) in [5.41, 5.74) is 1.74. The van der Waals surface area contributed by atoms with Gasteiger partial charge in [0.25, 0.3) is 0 Å². The quantitative estimate of drug-likeness (QED) is 0.255. The van der Waals surface area contributed by atoms with Gasteiger partial charge in [-0.3, -0.25) is 14.6 Å². The fourth-order valence-corrected chi connectivity index (χ4v) is 6.34. The summed E-state index contributed by atoms with van der Waals surface area (Å²) in [4.78, 5) is 44.6. The minimum absolute atomic E-state index is 0.0947. The maximum absolute atomic E-state index is 14.4. The fourth-order valence-electron chi connectivity index (χ4n) is 6.34. The number of benzene rings is 2. The zero-order valence-electron chi connectivity index (χ0n) is 22.6. The van der Waals surface area contributed by atoms with E-state index in [1.54, 1.807) is 31.4 Å². The van der Waals surface area contributed by atoms with Crippen molar-refractivity contribution in [1.29, 1.82) is 0 Å². The van der Waals surface area contributed by atoms with Crippen LogP contribution in [0.2, 0.25) is 0 Å². The number of ether oxygens (including phenoxy) is 2. The summed E-state index contributed by atoms with van der Waals surface area (Å²) >= 11 is 0. The average molecular weight is 552 g/mol. The number of aromatic nitrogens is 2. The maximum Gasteiger partial charge on any atom is 0.335 e. The first kappa shape index (κ1) is 25.5. The Balaban J connectivity index is 1.33. The summed E-state index contributed by atoms with van der Waals surface area (Å²) < 4.78 is 14.5. The number of nitrogens with one attached hydrogen (secondary N) is 1. The Morgan fingerprint density at radius 1 is 1.07 bits per heavy atom. The number of hydrogen-bond donors (Lipinski definition) is 2. The summed E-state index contributed by atoms with van der Waals surface area (Å²) in [6.07, 6.45) is 6.67. The Morgan fingerprint density at radius 2 is 1.88 bits per heavy atom. The molecule has 0 radical (unpaired) electrons. The van der Waals surface area contributed by atoms with E-state index >= 15 is 0 Å². The average Bonchev–Trinajstić information content (AvgIpc) is 3.75. The highest BCUT2D eigenvalue weighted by Gasteiger charge is 2.54. The summed E-state index contributed by atoms with van der Waals surface area (Å²) in [5, 5.41) is 13.7. The zero-order valence-corrected chi connectivity index (χ0v) is 22.6. The smallest absolute Gasteiger partial charge is 0.335 e. The van der Waals surface area contributed by atoms with Crippen molar-refractivity contribution < 1.29 is 29.0 Å². The molecule has 2 N–H and O–H groups in total. The van der Waals surface area contributed by atoms with Crippen LogP contribution in [0.4, 0.5) is 0 Å². The number of carboxylic acid groups (broad SMARTS) is 1. The molecule has 1 spiro atoms. The van der Waals surface area contributed by atoms with Crippen molar-refractivity contribution in [2.45, 2.75) is 37.3 Å². The van der Waals surface area contributed by atoms with E-state index in [0.29, 0.717) is 65.9 Å². The van der Waals surface area contributed by atoms with Gasteiger partial charge in [-0.15, -0.1) is 0 Å². The van der Waals surface area contributed by atoms with Crippen LogP contribution in [0.15, 0.2) is 60.9 Å². The van der Waals surface area contributed by atoms with Gasteiger partial charge in [0.05, 0.1) is 29.4 Å². The van der Waals surface area contributed by atoms with Crippen molar-refractivity contribution >= 4 is 28.4 Å². The van der Waals surface area contributed by atoms with Crippen molar-refractivity contribution in [3.8, 4) is 22.8 Å². The summed E-state index contributed by atoms with van der Waals surface area (Å²) in [6.45, 7) is 1.26. The Labute approximate surface area is 236 Å². The second kappa shape index (κ2) is 9.55. The number of ketones is 2. The van der Waals surface area contributed by atoms with Gasteiger partial charge in [0.15, 0.2) is 11.6 Å². The summed E-state index contributed by atoms with van der Waals surface area (Å²) in [5.74, 6) is -1.67. The van der Waals surface area contributed by atoms with Crippen LogP contribution >= 0.6 is 0 Å². The highest BCUT2D eigenvalue weighted by molar-refractivity contribution is 6.19. The Hall–Kier alpha value is -4.50. The number of hydrogen-bond acceptors (Lipinski definition) is 7. The van der Waals surface area contributed by atoms with E-state index in [-0.39, 0.29) is 17.1 Å². The van der Waals surface area contributed by atoms with Crippen LogP contribution in [0, 0.1) is 5.92 Å². The molecule has 4 heterocycles. The number of carboxylic acids is 1. The fraction of sp³-hybridized carbons (Fsp3) is 0.312. The van der Waals surface area contributed by atoms with Crippen molar-refractivity contribution in [2.75, 3.05) is 20.2 Å².